The summed E-state index contributed by atoms with van der Waals surface area (Å²) in [5, 5.41) is 8.69. The van der Waals surface area contributed by atoms with Gasteiger partial charge >= 0.3 is 0 Å². The van der Waals surface area contributed by atoms with Crippen molar-refractivity contribution >= 4 is 22.5 Å². The summed E-state index contributed by atoms with van der Waals surface area (Å²) < 4.78 is 7.66. The first-order valence-corrected chi connectivity index (χ1v) is 9.78. The van der Waals surface area contributed by atoms with E-state index >= 15 is 0 Å². The molecule has 0 aliphatic rings. The van der Waals surface area contributed by atoms with Crippen molar-refractivity contribution in [3.05, 3.63) is 60.8 Å². The molecule has 0 radical (unpaired) electrons. The van der Waals surface area contributed by atoms with E-state index < -0.39 is 0 Å². The van der Waals surface area contributed by atoms with Crippen LogP contribution in [0.15, 0.2) is 55.2 Å². The van der Waals surface area contributed by atoms with Crippen LogP contribution in [0, 0.1) is 0 Å². The van der Waals surface area contributed by atoms with Crippen LogP contribution in [0.25, 0.3) is 22.0 Å². The molecule has 4 aromatic heterocycles. The summed E-state index contributed by atoms with van der Waals surface area (Å²) in [5.41, 5.74) is 2.17. The summed E-state index contributed by atoms with van der Waals surface area (Å²) in [6.07, 6.45) is 8.55. The number of nitrogens with zero attached hydrogens (tertiary/aromatic N) is 6. The minimum atomic E-state index is -0.268. The Kier molecular flexibility index (Phi) is 5.85. The van der Waals surface area contributed by atoms with Gasteiger partial charge in [0.15, 0.2) is 0 Å². The third-order valence-electron chi connectivity index (χ3n) is 4.64. The maximum atomic E-state index is 12.6. The molecule has 0 unspecified atom stereocenters. The quantitative estimate of drug-likeness (QED) is 0.494. The van der Waals surface area contributed by atoms with Crippen LogP contribution < -0.4 is 10.1 Å². The molecule has 31 heavy (non-hydrogen) atoms. The van der Waals surface area contributed by atoms with Crippen LogP contribution in [-0.2, 0) is 7.05 Å². The molecule has 0 aromatic carbocycles. The van der Waals surface area contributed by atoms with Crippen LogP contribution in [0.2, 0.25) is 0 Å². The van der Waals surface area contributed by atoms with Crippen molar-refractivity contribution in [2.45, 2.75) is 0 Å². The third kappa shape index (κ3) is 4.84. The lowest BCUT2D eigenvalue weighted by Gasteiger charge is -2.14. The largest absolute Gasteiger partial charge is 0.476 e. The maximum absolute atomic E-state index is 12.6. The number of fused-ring (bicyclic) bond motifs is 1. The normalized spacial score (nSPS) is 11.1. The standard InChI is InChI=1S/C22H23N7O2/c1-28(2)8-9-31-22-18-13-24-19(17-12-25-29(3)14-17)10-16(18)11-20(27-22)26-21(30)15-4-6-23-7-5-15/h4-7,10-14H,8-9H2,1-3H3,(H,26,27,30). The van der Waals surface area contributed by atoms with Gasteiger partial charge in [-0.05, 0) is 43.7 Å². The Labute approximate surface area is 179 Å². The molecule has 0 bridgehead atoms. The number of aromatic nitrogens is 5. The average molecular weight is 417 g/mol. The Morgan fingerprint density at radius 1 is 1.19 bits per heavy atom. The number of aryl methyl sites for hydroxylation is 1. The molecule has 0 fully saturated rings. The molecule has 4 aromatic rings. The number of hydrogen-bond acceptors (Lipinski definition) is 7. The predicted molar refractivity (Wildman–Crippen MR) is 118 cm³/mol. The summed E-state index contributed by atoms with van der Waals surface area (Å²) in [5.74, 6) is 0.558. The molecule has 0 saturated heterocycles. The number of carbonyl (C=O) groups excluding carboxylic acids is 1. The van der Waals surface area contributed by atoms with E-state index in [0.717, 1.165) is 28.6 Å². The van der Waals surface area contributed by atoms with Crippen molar-refractivity contribution in [3.8, 4) is 17.1 Å². The number of likely N-dealkylation sites (N-methyl/N-ethyl adjacent to an activating group) is 1. The Hall–Kier alpha value is -3.85. The second-order valence-electron chi connectivity index (χ2n) is 7.35. The Bertz CT molecular complexity index is 1210. The first-order chi connectivity index (χ1) is 15.0. The number of anilines is 1. The van der Waals surface area contributed by atoms with E-state index in [1.54, 1.807) is 41.6 Å². The van der Waals surface area contributed by atoms with Gasteiger partial charge in [0.1, 0.15) is 12.4 Å². The molecule has 9 nitrogen and oxygen atoms in total. The third-order valence-corrected chi connectivity index (χ3v) is 4.64. The Balaban J connectivity index is 1.71. The van der Waals surface area contributed by atoms with Crippen molar-refractivity contribution in [3.63, 3.8) is 0 Å². The number of carbonyl (C=O) groups is 1. The zero-order valence-corrected chi connectivity index (χ0v) is 17.6. The van der Waals surface area contributed by atoms with Crippen LogP contribution in [-0.4, -0.2) is 62.8 Å². The van der Waals surface area contributed by atoms with Gasteiger partial charge in [0.05, 0.1) is 17.3 Å². The molecule has 4 heterocycles. The summed E-state index contributed by atoms with van der Waals surface area (Å²) in [4.78, 5) is 27.7. The molecule has 0 aliphatic carbocycles. The van der Waals surface area contributed by atoms with Gasteiger partial charge in [-0.15, -0.1) is 0 Å². The van der Waals surface area contributed by atoms with Crippen LogP contribution >= 0.6 is 0 Å². The minimum absolute atomic E-state index is 0.268. The lowest BCUT2D eigenvalue weighted by molar-refractivity contribution is 0.102. The van der Waals surface area contributed by atoms with E-state index in [2.05, 4.69) is 25.4 Å². The summed E-state index contributed by atoms with van der Waals surface area (Å²) in [6, 6.07) is 7.05. The topological polar surface area (TPSA) is 98.1 Å². The molecule has 0 aliphatic heterocycles. The van der Waals surface area contributed by atoms with Gasteiger partial charge in [-0.25, -0.2) is 0 Å². The van der Waals surface area contributed by atoms with Crippen LogP contribution in [0.1, 0.15) is 10.4 Å². The predicted octanol–water partition coefficient (Wildman–Crippen LogP) is 2.62. The van der Waals surface area contributed by atoms with Gasteiger partial charge in [0, 0.05) is 49.5 Å². The zero-order chi connectivity index (χ0) is 21.8. The van der Waals surface area contributed by atoms with Gasteiger partial charge in [0.2, 0.25) is 5.88 Å². The molecular weight excluding hydrogens is 394 g/mol. The number of hydrogen-bond donors (Lipinski definition) is 1. The van der Waals surface area contributed by atoms with Gasteiger partial charge in [-0.3, -0.25) is 19.4 Å². The average Bonchev–Trinajstić information content (AvgIpc) is 3.20. The van der Waals surface area contributed by atoms with Crippen LogP contribution in [0.5, 0.6) is 5.88 Å². The highest BCUT2D eigenvalue weighted by molar-refractivity contribution is 6.04. The Morgan fingerprint density at radius 3 is 2.71 bits per heavy atom. The fourth-order valence-corrected chi connectivity index (χ4v) is 3.02. The molecule has 0 saturated carbocycles. The number of rotatable bonds is 7. The second-order valence-corrected chi connectivity index (χ2v) is 7.35. The van der Waals surface area contributed by atoms with E-state index in [9.17, 15) is 4.79 Å². The van der Waals surface area contributed by atoms with Gasteiger partial charge < -0.3 is 15.0 Å². The van der Waals surface area contributed by atoms with Gasteiger partial charge in [-0.2, -0.15) is 10.1 Å². The highest BCUT2D eigenvalue weighted by atomic mass is 16.5. The highest BCUT2D eigenvalue weighted by Gasteiger charge is 2.13. The van der Waals surface area contributed by atoms with Crippen molar-refractivity contribution < 1.29 is 9.53 Å². The number of pyridine rings is 3. The van der Waals surface area contributed by atoms with E-state index in [1.165, 1.54) is 0 Å². The van der Waals surface area contributed by atoms with Crippen molar-refractivity contribution in [1.82, 2.24) is 29.6 Å². The molecule has 1 N–H and O–H groups in total. The van der Waals surface area contributed by atoms with E-state index in [-0.39, 0.29) is 5.91 Å². The smallest absolute Gasteiger partial charge is 0.256 e. The number of ether oxygens (including phenoxy) is 1. The summed E-state index contributed by atoms with van der Waals surface area (Å²) >= 11 is 0. The van der Waals surface area contributed by atoms with Crippen LogP contribution in [0.3, 0.4) is 0 Å². The van der Waals surface area contributed by atoms with Crippen LogP contribution in [0.4, 0.5) is 5.82 Å². The minimum Gasteiger partial charge on any atom is -0.476 e. The molecule has 0 spiro atoms. The summed E-state index contributed by atoms with van der Waals surface area (Å²) in [7, 11) is 5.81. The maximum Gasteiger partial charge on any atom is 0.256 e. The van der Waals surface area contributed by atoms with Crippen molar-refractivity contribution in [2.75, 3.05) is 32.6 Å². The second kappa shape index (κ2) is 8.88. The Morgan fingerprint density at radius 2 is 2.00 bits per heavy atom. The van der Waals surface area contributed by atoms with Gasteiger partial charge in [-0.1, -0.05) is 0 Å². The SMILES string of the molecule is CN(C)CCOc1nc(NC(=O)c2ccncc2)cc2cc(-c3cnn(C)c3)ncc12. The molecule has 9 heteroatoms. The number of nitrogens with one attached hydrogen (secondary N) is 1. The first-order valence-electron chi connectivity index (χ1n) is 9.78. The highest BCUT2D eigenvalue weighted by Crippen LogP contribution is 2.29. The monoisotopic (exact) mass is 417 g/mol. The molecule has 158 valence electrons. The number of amides is 1. The fourth-order valence-electron chi connectivity index (χ4n) is 3.02. The van der Waals surface area contributed by atoms with Crippen molar-refractivity contribution in [2.24, 2.45) is 7.05 Å². The lowest BCUT2D eigenvalue weighted by Crippen LogP contribution is -2.20. The molecular formula is C22H23N7O2. The lowest BCUT2D eigenvalue weighted by atomic mass is 10.1. The van der Waals surface area contributed by atoms with E-state index in [1.807, 2.05) is 44.4 Å². The first kappa shape index (κ1) is 20.4. The molecule has 4 rings (SSSR count). The van der Waals surface area contributed by atoms with E-state index in [4.69, 9.17) is 4.74 Å². The summed E-state index contributed by atoms with van der Waals surface area (Å²) in [6.45, 7) is 1.19. The zero-order valence-electron chi connectivity index (χ0n) is 17.6. The van der Waals surface area contributed by atoms with Gasteiger partial charge in [0.25, 0.3) is 5.91 Å². The van der Waals surface area contributed by atoms with Crippen molar-refractivity contribution in [1.29, 1.82) is 0 Å². The molecule has 1 amide bonds. The molecule has 0 atom stereocenters. The van der Waals surface area contributed by atoms with E-state index in [0.29, 0.717) is 23.9 Å². The fraction of sp³-hybridized carbons (Fsp3) is 0.227.